The molecule has 2 aromatic carbocycles. The van der Waals surface area contributed by atoms with Crippen molar-refractivity contribution in [3.63, 3.8) is 0 Å². The van der Waals surface area contributed by atoms with Crippen LogP contribution in [-0.2, 0) is 14.4 Å². The summed E-state index contributed by atoms with van der Waals surface area (Å²) in [5.74, 6) is -0.406. The molecule has 0 aliphatic carbocycles. The number of likely N-dealkylation sites (N-methyl/N-ethyl adjacent to an activating group) is 1. The van der Waals surface area contributed by atoms with Crippen LogP contribution in [0.2, 0.25) is 0 Å². The molecule has 0 bridgehead atoms. The Labute approximate surface area is 179 Å². The summed E-state index contributed by atoms with van der Waals surface area (Å²) in [5.41, 5.74) is 2.05. The van der Waals surface area contributed by atoms with Crippen LogP contribution in [0, 0.1) is 0 Å². The van der Waals surface area contributed by atoms with E-state index in [0.717, 1.165) is 10.2 Å². The van der Waals surface area contributed by atoms with E-state index in [0.29, 0.717) is 30.9 Å². The highest BCUT2D eigenvalue weighted by atomic mass is 79.9. The standard InChI is InChI=1S/C21H25BrN4O3/c1-3-26(13-12-20(28)24-18-6-4-16(22)5-7-18)14-21(29)25-19-10-8-17(9-11-19)23-15(2)27/h4-11H,3,12-14H2,1-2H3,(H,23,27)(H,24,28)(H,25,29). The van der Waals surface area contributed by atoms with Crippen molar-refractivity contribution in [1.29, 1.82) is 0 Å². The van der Waals surface area contributed by atoms with Gasteiger partial charge < -0.3 is 16.0 Å². The van der Waals surface area contributed by atoms with Gasteiger partial charge in [-0.1, -0.05) is 22.9 Å². The number of hydrogen-bond acceptors (Lipinski definition) is 4. The van der Waals surface area contributed by atoms with Crippen molar-refractivity contribution in [2.75, 3.05) is 35.6 Å². The van der Waals surface area contributed by atoms with Crippen molar-refractivity contribution >= 4 is 50.7 Å². The number of anilines is 3. The van der Waals surface area contributed by atoms with Gasteiger partial charge in [-0.05, 0) is 55.1 Å². The summed E-state index contributed by atoms with van der Waals surface area (Å²) in [4.78, 5) is 37.4. The van der Waals surface area contributed by atoms with Crippen LogP contribution in [0.1, 0.15) is 20.3 Å². The first kappa shape index (κ1) is 22.6. The molecule has 7 nitrogen and oxygen atoms in total. The SMILES string of the molecule is CCN(CCC(=O)Nc1ccc(Br)cc1)CC(=O)Nc1ccc(NC(C)=O)cc1. The molecule has 154 valence electrons. The van der Waals surface area contributed by atoms with Crippen LogP contribution in [0.4, 0.5) is 17.1 Å². The number of halogens is 1. The summed E-state index contributed by atoms with van der Waals surface area (Å²) in [6, 6.07) is 14.3. The third-order valence-corrected chi connectivity index (χ3v) is 4.62. The van der Waals surface area contributed by atoms with Gasteiger partial charge in [-0.3, -0.25) is 19.3 Å². The minimum absolute atomic E-state index is 0.0975. The Hall–Kier alpha value is -2.71. The monoisotopic (exact) mass is 460 g/mol. The largest absolute Gasteiger partial charge is 0.326 e. The van der Waals surface area contributed by atoms with E-state index >= 15 is 0 Å². The zero-order chi connectivity index (χ0) is 21.2. The predicted molar refractivity (Wildman–Crippen MR) is 119 cm³/mol. The number of amides is 3. The molecule has 0 spiro atoms. The quantitative estimate of drug-likeness (QED) is 0.531. The topological polar surface area (TPSA) is 90.5 Å². The third-order valence-electron chi connectivity index (χ3n) is 4.09. The summed E-state index contributed by atoms with van der Waals surface area (Å²) < 4.78 is 0.948. The maximum atomic E-state index is 12.3. The van der Waals surface area contributed by atoms with Crippen molar-refractivity contribution in [3.8, 4) is 0 Å². The van der Waals surface area contributed by atoms with Gasteiger partial charge in [-0.15, -0.1) is 0 Å². The molecule has 2 rings (SSSR count). The van der Waals surface area contributed by atoms with Gasteiger partial charge in [0.1, 0.15) is 0 Å². The van der Waals surface area contributed by atoms with Gasteiger partial charge in [0.2, 0.25) is 17.7 Å². The molecule has 0 heterocycles. The Morgan fingerprint density at radius 3 is 1.83 bits per heavy atom. The lowest BCUT2D eigenvalue weighted by atomic mass is 10.2. The normalized spacial score (nSPS) is 10.5. The molecule has 29 heavy (non-hydrogen) atoms. The van der Waals surface area contributed by atoms with Crippen LogP contribution in [0.5, 0.6) is 0 Å². The van der Waals surface area contributed by atoms with Gasteiger partial charge in [-0.25, -0.2) is 0 Å². The highest BCUT2D eigenvalue weighted by Crippen LogP contribution is 2.15. The van der Waals surface area contributed by atoms with Gasteiger partial charge in [0.15, 0.2) is 0 Å². The van der Waals surface area contributed by atoms with Crippen molar-refractivity contribution in [2.24, 2.45) is 0 Å². The van der Waals surface area contributed by atoms with E-state index in [4.69, 9.17) is 0 Å². The number of carbonyl (C=O) groups excluding carboxylic acids is 3. The van der Waals surface area contributed by atoms with Gasteiger partial charge >= 0.3 is 0 Å². The molecular weight excluding hydrogens is 436 g/mol. The first-order valence-electron chi connectivity index (χ1n) is 9.31. The Morgan fingerprint density at radius 2 is 1.31 bits per heavy atom. The first-order valence-corrected chi connectivity index (χ1v) is 10.1. The minimum Gasteiger partial charge on any atom is -0.326 e. The molecule has 2 aromatic rings. The van der Waals surface area contributed by atoms with E-state index in [1.165, 1.54) is 6.92 Å². The maximum absolute atomic E-state index is 12.3. The lowest BCUT2D eigenvalue weighted by Crippen LogP contribution is -2.35. The van der Waals surface area contributed by atoms with Crippen molar-refractivity contribution < 1.29 is 14.4 Å². The molecule has 8 heteroatoms. The second kappa shape index (κ2) is 11.3. The lowest BCUT2D eigenvalue weighted by molar-refractivity contribution is -0.119. The Kier molecular flexibility index (Phi) is 8.82. The van der Waals surface area contributed by atoms with Crippen LogP contribution < -0.4 is 16.0 Å². The fourth-order valence-corrected chi connectivity index (χ4v) is 2.87. The van der Waals surface area contributed by atoms with E-state index in [-0.39, 0.29) is 24.3 Å². The fraction of sp³-hybridized carbons (Fsp3) is 0.286. The summed E-state index contributed by atoms with van der Waals surface area (Å²) in [5, 5.41) is 8.34. The molecule has 0 saturated carbocycles. The van der Waals surface area contributed by atoms with E-state index in [2.05, 4.69) is 31.9 Å². The van der Waals surface area contributed by atoms with Gasteiger partial charge in [-0.2, -0.15) is 0 Å². The highest BCUT2D eigenvalue weighted by Gasteiger charge is 2.12. The third kappa shape index (κ3) is 8.45. The number of hydrogen-bond donors (Lipinski definition) is 3. The molecule has 0 atom stereocenters. The Bertz CT molecular complexity index is 838. The second-order valence-electron chi connectivity index (χ2n) is 6.48. The zero-order valence-corrected chi connectivity index (χ0v) is 18.1. The zero-order valence-electron chi connectivity index (χ0n) is 16.5. The molecule has 0 aromatic heterocycles. The van der Waals surface area contributed by atoms with Gasteiger partial charge in [0.05, 0.1) is 6.54 Å². The number of carbonyl (C=O) groups is 3. The number of nitrogens with zero attached hydrogens (tertiary/aromatic N) is 1. The van der Waals surface area contributed by atoms with Crippen LogP contribution >= 0.6 is 15.9 Å². The number of nitrogens with one attached hydrogen (secondary N) is 3. The van der Waals surface area contributed by atoms with Crippen molar-refractivity contribution in [1.82, 2.24) is 4.90 Å². The Morgan fingerprint density at radius 1 is 0.828 bits per heavy atom. The van der Waals surface area contributed by atoms with E-state index in [1.807, 2.05) is 36.1 Å². The molecule has 0 aliphatic heterocycles. The second-order valence-corrected chi connectivity index (χ2v) is 7.40. The molecule has 0 radical (unpaired) electrons. The summed E-state index contributed by atoms with van der Waals surface area (Å²) in [7, 11) is 0. The van der Waals surface area contributed by atoms with E-state index in [1.54, 1.807) is 24.3 Å². The van der Waals surface area contributed by atoms with E-state index in [9.17, 15) is 14.4 Å². The Balaban J connectivity index is 1.77. The lowest BCUT2D eigenvalue weighted by Gasteiger charge is -2.19. The molecule has 3 N–H and O–H groups in total. The van der Waals surface area contributed by atoms with Crippen LogP contribution in [0.15, 0.2) is 53.0 Å². The smallest absolute Gasteiger partial charge is 0.238 e. The summed E-state index contributed by atoms with van der Waals surface area (Å²) in [6.07, 6.45) is 0.294. The maximum Gasteiger partial charge on any atom is 0.238 e. The van der Waals surface area contributed by atoms with Crippen LogP contribution in [0.3, 0.4) is 0 Å². The van der Waals surface area contributed by atoms with Gasteiger partial charge in [0.25, 0.3) is 0 Å². The molecular formula is C21H25BrN4O3. The van der Waals surface area contributed by atoms with Crippen LogP contribution in [0.25, 0.3) is 0 Å². The average molecular weight is 461 g/mol. The minimum atomic E-state index is -0.160. The number of benzene rings is 2. The van der Waals surface area contributed by atoms with Crippen molar-refractivity contribution in [3.05, 3.63) is 53.0 Å². The first-order chi connectivity index (χ1) is 13.9. The number of rotatable bonds is 9. The molecule has 0 aliphatic rings. The van der Waals surface area contributed by atoms with Crippen LogP contribution in [-0.4, -0.2) is 42.3 Å². The molecule has 3 amide bonds. The molecule has 0 saturated heterocycles. The fourth-order valence-electron chi connectivity index (χ4n) is 2.61. The summed E-state index contributed by atoms with van der Waals surface area (Å²) in [6.45, 7) is 4.71. The van der Waals surface area contributed by atoms with E-state index < -0.39 is 0 Å². The summed E-state index contributed by atoms with van der Waals surface area (Å²) >= 11 is 3.36. The average Bonchev–Trinajstić information content (AvgIpc) is 2.68. The highest BCUT2D eigenvalue weighted by molar-refractivity contribution is 9.10. The predicted octanol–water partition coefficient (Wildman–Crippen LogP) is 3.70. The van der Waals surface area contributed by atoms with Crippen molar-refractivity contribution in [2.45, 2.75) is 20.3 Å². The van der Waals surface area contributed by atoms with Gasteiger partial charge in [0, 0.05) is 41.4 Å². The molecule has 0 fully saturated rings. The molecule has 0 unspecified atom stereocenters.